The van der Waals surface area contributed by atoms with Crippen LogP contribution in [0.3, 0.4) is 0 Å². The van der Waals surface area contributed by atoms with E-state index in [1.807, 2.05) is 36.4 Å². The molecule has 0 spiro atoms. The van der Waals surface area contributed by atoms with Gasteiger partial charge in [-0.1, -0.05) is 53.7 Å². The maximum absolute atomic E-state index is 12.3. The minimum Gasteiger partial charge on any atom is -0.479 e. The highest BCUT2D eigenvalue weighted by Crippen LogP contribution is 2.44. The summed E-state index contributed by atoms with van der Waals surface area (Å²) in [5.41, 5.74) is 2.22. The molecule has 0 saturated carbocycles. The van der Waals surface area contributed by atoms with Gasteiger partial charge in [0.2, 0.25) is 0 Å². The number of fused-ring (bicyclic) bond motifs is 3. The lowest BCUT2D eigenvalue weighted by atomic mass is 9.98. The van der Waals surface area contributed by atoms with Gasteiger partial charge in [-0.3, -0.25) is 4.79 Å². The summed E-state index contributed by atoms with van der Waals surface area (Å²) in [4.78, 5) is 35.2. The molecule has 2 amide bonds. The molecule has 0 bridgehead atoms. The standard InChI is InChI=1S/C24H23N3O7/c1-24(32,22(29)30)13-26-21(28)20-10-14(34-27-20)11-25-23(31)33-12-19-17-8-4-2-6-15(17)16-7-3-5-9-18(16)19/h2-10,19,32H,11-13H2,1H3,(H,25,31)(H,26,28)(H,29,30). The van der Waals surface area contributed by atoms with Crippen molar-refractivity contribution < 1.29 is 33.9 Å². The molecule has 1 heterocycles. The van der Waals surface area contributed by atoms with E-state index in [-0.39, 0.29) is 30.5 Å². The first-order valence-electron chi connectivity index (χ1n) is 10.5. The van der Waals surface area contributed by atoms with Crippen molar-refractivity contribution in [2.24, 2.45) is 0 Å². The Morgan fingerprint density at radius 1 is 1.06 bits per heavy atom. The number of aliphatic hydroxyl groups is 1. The fourth-order valence-electron chi connectivity index (χ4n) is 3.73. The Morgan fingerprint density at radius 3 is 2.29 bits per heavy atom. The van der Waals surface area contributed by atoms with Crippen molar-refractivity contribution in [1.29, 1.82) is 0 Å². The predicted octanol–water partition coefficient (Wildman–Crippen LogP) is 2.28. The van der Waals surface area contributed by atoms with E-state index in [1.54, 1.807) is 0 Å². The lowest BCUT2D eigenvalue weighted by Gasteiger charge is -2.17. The Kier molecular flexibility index (Phi) is 6.33. The number of alkyl carbamates (subject to hydrolysis) is 1. The Hall–Kier alpha value is -4.18. The highest BCUT2D eigenvalue weighted by Gasteiger charge is 2.31. The summed E-state index contributed by atoms with van der Waals surface area (Å²) in [6.07, 6.45) is -0.651. The molecule has 10 nitrogen and oxygen atoms in total. The van der Waals surface area contributed by atoms with Crippen LogP contribution < -0.4 is 10.6 Å². The van der Waals surface area contributed by atoms with Crippen molar-refractivity contribution in [1.82, 2.24) is 15.8 Å². The summed E-state index contributed by atoms with van der Waals surface area (Å²) in [7, 11) is 0. The lowest BCUT2D eigenvalue weighted by Crippen LogP contribution is -2.46. The second kappa shape index (κ2) is 9.36. The molecule has 34 heavy (non-hydrogen) atoms. The third kappa shape index (κ3) is 4.76. The van der Waals surface area contributed by atoms with Gasteiger partial charge < -0.3 is 30.1 Å². The Bertz CT molecular complexity index is 1190. The van der Waals surface area contributed by atoms with Crippen LogP contribution in [-0.2, 0) is 16.1 Å². The number of hydrogen-bond donors (Lipinski definition) is 4. The van der Waals surface area contributed by atoms with Crippen LogP contribution in [0.15, 0.2) is 59.1 Å². The average Bonchev–Trinajstić information content (AvgIpc) is 3.43. The largest absolute Gasteiger partial charge is 0.479 e. The van der Waals surface area contributed by atoms with Crippen LogP contribution in [0, 0.1) is 0 Å². The van der Waals surface area contributed by atoms with E-state index in [2.05, 4.69) is 27.9 Å². The van der Waals surface area contributed by atoms with Crippen molar-refractivity contribution in [2.75, 3.05) is 13.2 Å². The van der Waals surface area contributed by atoms with Gasteiger partial charge in [0, 0.05) is 12.0 Å². The minimum absolute atomic E-state index is 0.0657. The highest BCUT2D eigenvalue weighted by molar-refractivity contribution is 5.92. The van der Waals surface area contributed by atoms with Gasteiger partial charge in [0.15, 0.2) is 17.1 Å². The monoisotopic (exact) mass is 465 g/mol. The molecule has 10 heteroatoms. The van der Waals surface area contributed by atoms with E-state index in [9.17, 15) is 19.5 Å². The molecule has 0 aliphatic heterocycles. The summed E-state index contributed by atoms with van der Waals surface area (Å²) in [5.74, 6) is -2.07. The first kappa shape index (κ1) is 23.0. The maximum Gasteiger partial charge on any atom is 0.407 e. The van der Waals surface area contributed by atoms with Crippen molar-refractivity contribution >= 4 is 18.0 Å². The zero-order valence-corrected chi connectivity index (χ0v) is 18.3. The van der Waals surface area contributed by atoms with Crippen LogP contribution in [0.4, 0.5) is 4.79 Å². The molecule has 0 saturated heterocycles. The van der Waals surface area contributed by atoms with Gasteiger partial charge >= 0.3 is 12.1 Å². The number of benzene rings is 2. The van der Waals surface area contributed by atoms with E-state index >= 15 is 0 Å². The Labute approximate surface area is 194 Å². The summed E-state index contributed by atoms with van der Waals surface area (Å²) in [6.45, 7) is 0.640. The van der Waals surface area contributed by atoms with Gasteiger partial charge in [-0.05, 0) is 29.2 Å². The maximum atomic E-state index is 12.3. The van der Waals surface area contributed by atoms with Crippen molar-refractivity contribution in [2.45, 2.75) is 25.0 Å². The van der Waals surface area contributed by atoms with Gasteiger partial charge in [-0.15, -0.1) is 0 Å². The van der Waals surface area contributed by atoms with E-state index < -0.39 is 30.1 Å². The van der Waals surface area contributed by atoms with Crippen molar-refractivity contribution in [3.63, 3.8) is 0 Å². The predicted molar refractivity (Wildman–Crippen MR) is 119 cm³/mol. The van der Waals surface area contributed by atoms with E-state index in [4.69, 9.17) is 14.4 Å². The number of carboxylic acids is 1. The first-order valence-corrected chi connectivity index (χ1v) is 10.5. The van der Waals surface area contributed by atoms with Crippen molar-refractivity contribution in [3.05, 3.63) is 77.2 Å². The SMILES string of the molecule is CC(O)(CNC(=O)c1cc(CNC(=O)OCC2c3ccccc3-c3ccccc32)on1)C(=O)O. The third-order valence-electron chi connectivity index (χ3n) is 5.60. The molecule has 1 aliphatic rings. The average molecular weight is 465 g/mol. The zero-order chi connectivity index (χ0) is 24.3. The lowest BCUT2D eigenvalue weighted by molar-refractivity contribution is -0.155. The topological polar surface area (TPSA) is 151 Å². The molecular weight excluding hydrogens is 442 g/mol. The molecule has 0 fully saturated rings. The van der Waals surface area contributed by atoms with Gasteiger partial charge in [0.05, 0.1) is 13.1 Å². The molecule has 2 aromatic carbocycles. The molecule has 1 unspecified atom stereocenters. The summed E-state index contributed by atoms with van der Waals surface area (Å²) in [5, 5.41) is 26.9. The number of nitrogens with zero attached hydrogens (tertiary/aromatic N) is 1. The Balaban J connectivity index is 1.29. The van der Waals surface area contributed by atoms with Crippen LogP contribution in [0.25, 0.3) is 11.1 Å². The number of amides is 2. The molecule has 4 rings (SSSR count). The third-order valence-corrected chi connectivity index (χ3v) is 5.60. The number of carbonyl (C=O) groups is 3. The molecule has 0 radical (unpaired) electrons. The van der Waals surface area contributed by atoms with E-state index in [0.29, 0.717) is 0 Å². The van der Waals surface area contributed by atoms with Gasteiger partial charge in [0.1, 0.15) is 6.61 Å². The highest BCUT2D eigenvalue weighted by atomic mass is 16.5. The smallest absolute Gasteiger partial charge is 0.407 e. The number of carbonyl (C=O) groups excluding carboxylic acids is 2. The normalized spacial score (nSPS) is 13.9. The fourth-order valence-corrected chi connectivity index (χ4v) is 3.73. The second-order valence-corrected chi connectivity index (χ2v) is 8.12. The van der Waals surface area contributed by atoms with E-state index in [1.165, 1.54) is 6.07 Å². The summed E-state index contributed by atoms with van der Waals surface area (Å²) >= 11 is 0. The summed E-state index contributed by atoms with van der Waals surface area (Å²) < 4.78 is 10.5. The molecule has 3 aromatic rings. The number of aliphatic carboxylic acids is 1. The van der Waals surface area contributed by atoms with Gasteiger partial charge in [-0.25, -0.2) is 9.59 Å². The number of ether oxygens (including phenoxy) is 1. The second-order valence-electron chi connectivity index (χ2n) is 8.12. The quantitative estimate of drug-likeness (QED) is 0.396. The van der Waals surface area contributed by atoms with Crippen LogP contribution in [0.5, 0.6) is 0 Å². The number of hydrogen-bond acceptors (Lipinski definition) is 7. The Morgan fingerprint density at radius 2 is 1.68 bits per heavy atom. The van der Waals surface area contributed by atoms with Crippen LogP contribution in [-0.4, -0.2) is 52.1 Å². The van der Waals surface area contributed by atoms with Gasteiger partial charge in [0.25, 0.3) is 5.91 Å². The van der Waals surface area contributed by atoms with Crippen LogP contribution in [0.1, 0.15) is 40.2 Å². The molecular formula is C24H23N3O7. The van der Waals surface area contributed by atoms with Gasteiger partial charge in [-0.2, -0.15) is 0 Å². The number of nitrogens with one attached hydrogen (secondary N) is 2. The zero-order valence-electron chi connectivity index (χ0n) is 18.3. The molecule has 176 valence electrons. The van der Waals surface area contributed by atoms with Crippen LogP contribution in [0.2, 0.25) is 0 Å². The number of aromatic nitrogens is 1. The van der Waals surface area contributed by atoms with E-state index in [0.717, 1.165) is 29.2 Å². The van der Waals surface area contributed by atoms with Crippen LogP contribution >= 0.6 is 0 Å². The molecule has 1 atom stereocenters. The fraction of sp³-hybridized carbons (Fsp3) is 0.250. The number of carboxylic acid groups (broad SMARTS) is 1. The first-order chi connectivity index (χ1) is 16.3. The number of rotatable bonds is 8. The minimum atomic E-state index is -2.12. The van der Waals surface area contributed by atoms with Crippen molar-refractivity contribution in [3.8, 4) is 11.1 Å². The molecule has 4 N–H and O–H groups in total. The molecule has 1 aliphatic carbocycles. The summed E-state index contributed by atoms with van der Waals surface area (Å²) in [6, 6.07) is 17.3. The molecule has 1 aromatic heterocycles.